The van der Waals surface area contributed by atoms with Crippen LogP contribution in [-0.4, -0.2) is 31.9 Å². The van der Waals surface area contributed by atoms with E-state index in [1.54, 1.807) is 12.1 Å². The fraction of sp³-hybridized carbons (Fsp3) is 0.538. The van der Waals surface area contributed by atoms with Crippen molar-refractivity contribution in [2.75, 3.05) is 13.1 Å². The molecule has 0 saturated carbocycles. The van der Waals surface area contributed by atoms with Crippen LogP contribution >= 0.6 is 0 Å². The van der Waals surface area contributed by atoms with Crippen molar-refractivity contribution in [2.24, 2.45) is 5.11 Å². The fourth-order valence-electron chi connectivity index (χ4n) is 2.54. The molecule has 1 aliphatic heterocycles. The third-order valence-electron chi connectivity index (χ3n) is 3.41. The smallest absolute Gasteiger partial charge is 0.207 e. The zero-order valence-corrected chi connectivity index (χ0v) is 12.5. The number of piperidine rings is 1. The van der Waals surface area contributed by atoms with Crippen molar-refractivity contribution in [3.05, 3.63) is 39.8 Å². The molecule has 0 aromatic heterocycles. The molecule has 0 radical (unpaired) electrons. The van der Waals surface area contributed by atoms with E-state index in [0.717, 1.165) is 17.5 Å². The van der Waals surface area contributed by atoms with Gasteiger partial charge in [-0.05, 0) is 55.5 Å². The number of hydrogen-bond donors (Lipinski definition) is 0. The molecular weight excluding hydrogens is 276 g/mol. The van der Waals surface area contributed by atoms with E-state index in [9.17, 15) is 8.42 Å². The Morgan fingerprint density at radius 1 is 1.30 bits per heavy atom. The highest BCUT2D eigenvalue weighted by Crippen LogP contribution is 2.23. The minimum atomic E-state index is -3.51. The van der Waals surface area contributed by atoms with Gasteiger partial charge >= 0.3 is 0 Å². The molecule has 0 amide bonds. The molecular formula is C13H18N4O2S. The average molecular weight is 294 g/mol. The zero-order chi connectivity index (χ0) is 14.8. The Hall–Kier alpha value is -1.56. The summed E-state index contributed by atoms with van der Waals surface area (Å²) in [5.41, 5.74) is 10.3. The van der Waals surface area contributed by atoms with Gasteiger partial charge in [-0.15, -0.1) is 0 Å². The molecule has 0 N–H and O–H groups in total. The normalized spacial score (nSPS) is 20.4. The second kappa shape index (κ2) is 5.83. The van der Waals surface area contributed by atoms with E-state index in [4.69, 9.17) is 5.53 Å². The van der Waals surface area contributed by atoms with Gasteiger partial charge in [0.05, 0.1) is 10.9 Å². The van der Waals surface area contributed by atoms with E-state index in [1.807, 2.05) is 19.9 Å². The standard InChI is InChI=1S/C13H18N4O2S/c1-10-6-11(2)8-13(7-10)20(18,19)17-5-3-4-12(9-17)15-16-14/h6-8,12H,3-5,9H2,1-2H3. The molecule has 1 aromatic carbocycles. The molecule has 0 bridgehead atoms. The van der Waals surface area contributed by atoms with Crippen LogP contribution in [-0.2, 0) is 10.0 Å². The summed E-state index contributed by atoms with van der Waals surface area (Å²) >= 11 is 0. The number of nitrogens with zero attached hydrogens (tertiary/aromatic N) is 4. The van der Waals surface area contributed by atoms with Crippen molar-refractivity contribution >= 4 is 10.0 Å². The van der Waals surface area contributed by atoms with Gasteiger partial charge in [-0.25, -0.2) is 8.42 Å². The Morgan fingerprint density at radius 2 is 1.95 bits per heavy atom. The summed E-state index contributed by atoms with van der Waals surface area (Å²) < 4.78 is 26.7. The van der Waals surface area contributed by atoms with Crippen LogP contribution in [0.1, 0.15) is 24.0 Å². The van der Waals surface area contributed by atoms with Crippen LogP contribution in [0.15, 0.2) is 28.2 Å². The second-order valence-corrected chi connectivity index (χ2v) is 7.13. The maximum atomic E-state index is 12.6. The Labute approximate surface area is 119 Å². The summed E-state index contributed by atoms with van der Waals surface area (Å²) in [4.78, 5) is 3.10. The number of hydrogen-bond acceptors (Lipinski definition) is 3. The predicted molar refractivity (Wildman–Crippen MR) is 76.8 cm³/mol. The van der Waals surface area contributed by atoms with Crippen molar-refractivity contribution in [3.63, 3.8) is 0 Å². The highest BCUT2D eigenvalue weighted by atomic mass is 32.2. The molecule has 2 rings (SSSR count). The highest BCUT2D eigenvalue weighted by Gasteiger charge is 2.29. The van der Waals surface area contributed by atoms with Gasteiger partial charge in [0.1, 0.15) is 0 Å². The quantitative estimate of drug-likeness (QED) is 0.487. The molecule has 6 nitrogen and oxygen atoms in total. The van der Waals surface area contributed by atoms with Gasteiger partial charge in [0.25, 0.3) is 0 Å². The van der Waals surface area contributed by atoms with Gasteiger partial charge in [0, 0.05) is 18.0 Å². The Kier molecular flexibility index (Phi) is 4.32. The minimum Gasteiger partial charge on any atom is -0.207 e. The first-order chi connectivity index (χ1) is 9.43. The maximum Gasteiger partial charge on any atom is 0.243 e. The largest absolute Gasteiger partial charge is 0.243 e. The third-order valence-corrected chi connectivity index (χ3v) is 5.25. The number of rotatable bonds is 3. The first kappa shape index (κ1) is 14.8. The van der Waals surface area contributed by atoms with Crippen molar-refractivity contribution in [2.45, 2.75) is 37.6 Å². The molecule has 0 spiro atoms. The molecule has 1 aromatic rings. The lowest BCUT2D eigenvalue weighted by Gasteiger charge is -2.29. The first-order valence-corrected chi connectivity index (χ1v) is 8.00. The van der Waals surface area contributed by atoms with E-state index in [2.05, 4.69) is 10.0 Å². The van der Waals surface area contributed by atoms with Gasteiger partial charge in [-0.3, -0.25) is 0 Å². The lowest BCUT2D eigenvalue weighted by Crippen LogP contribution is -2.41. The molecule has 1 atom stereocenters. The topological polar surface area (TPSA) is 86.1 Å². The van der Waals surface area contributed by atoms with Gasteiger partial charge in [-0.1, -0.05) is 11.2 Å². The summed E-state index contributed by atoms with van der Waals surface area (Å²) in [6.07, 6.45) is 1.45. The average Bonchev–Trinajstić information content (AvgIpc) is 2.38. The maximum absolute atomic E-state index is 12.6. The minimum absolute atomic E-state index is 0.263. The molecule has 1 saturated heterocycles. The molecule has 1 fully saturated rings. The van der Waals surface area contributed by atoms with Crippen molar-refractivity contribution < 1.29 is 8.42 Å². The molecule has 108 valence electrons. The number of aryl methyl sites for hydroxylation is 2. The van der Waals surface area contributed by atoms with Crippen molar-refractivity contribution in [3.8, 4) is 0 Å². The molecule has 1 heterocycles. The predicted octanol–water partition coefficient (Wildman–Crippen LogP) is 2.77. The monoisotopic (exact) mass is 294 g/mol. The third kappa shape index (κ3) is 3.12. The molecule has 0 aliphatic carbocycles. The van der Waals surface area contributed by atoms with Crippen LogP contribution in [0.25, 0.3) is 10.4 Å². The fourth-order valence-corrected chi connectivity index (χ4v) is 4.24. The highest BCUT2D eigenvalue weighted by molar-refractivity contribution is 7.89. The molecule has 7 heteroatoms. The van der Waals surface area contributed by atoms with Crippen LogP contribution in [0.5, 0.6) is 0 Å². The Balaban J connectivity index is 2.32. The molecule has 1 aliphatic rings. The van der Waals surface area contributed by atoms with E-state index in [0.29, 0.717) is 17.9 Å². The zero-order valence-electron chi connectivity index (χ0n) is 11.7. The van der Waals surface area contributed by atoms with Crippen molar-refractivity contribution in [1.29, 1.82) is 0 Å². The van der Waals surface area contributed by atoms with Crippen LogP contribution < -0.4 is 0 Å². The molecule has 20 heavy (non-hydrogen) atoms. The number of sulfonamides is 1. The second-order valence-electron chi connectivity index (χ2n) is 5.19. The lowest BCUT2D eigenvalue weighted by molar-refractivity contribution is 0.316. The Morgan fingerprint density at radius 3 is 2.55 bits per heavy atom. The molecule has 1 unspecified atom stereocenters. The summed E-state index contributed by atoms with van der Waals surface area (Å²) in [6.45, 7) is 4.50. The summed E-state index contributed by atoms with van der Waals surface area (Å²) in [5, 5.41) is 3.65. The van der Waals surface area contributed by atoms with E-state index < -0.39 is 10.0 Å². The van der Waals surface area contributed by atoms with E-state index >= 15 is 0 Å². The lowest BCUT2D eigenvalue weighted by atomic mass is 10.1. The van der Waals surface area contributed by atoms with E-state index in [-0.39, 0.29) is 12.6 Å². The van der Waals surface area contributed by atoms with Gasteiger partial charge in [0.15, 0.2) is 0 Å². The van der Waals surface area contributed by atoms with Crippen LogP contribution in [0.4, 0.5) is 0 Å². The van der Waals surface area contributed by atoms with Crippen LogP contribution in [0, 0.1) is 13.8 Å². The van der Waals surface area contributed by atoms with Gasteiger partial charge < -0.3 is 0 Å². The summed E-state index contributed by atoms with van der Waals surface area (Å²) in [5.74, 6) is 0. The SMILES string of the molecule is Cc1cc(C)cc(S(=O)(=O)N2CCCC(N=[N+]=[N-])C2)c1. The summed E-state index contributed by atoms with van der Waals surface area (Å²) in [6, 6.07) is 5.03. The summed E-state index contributed by atoms with van der Waals surface area (Å²) in [7, 11) is -3.51. The number of azide groups is 1. The van der Waals surface area contributed by atoms with E-state index in [1.165, 1.54) is 4.31 Å². The van der Waals surface area contributed by atoms with Gasteiger partial charge in [-0.2, -0.15) is 4.31 Å². The van der Waals surface area contributed by atoms with Crippen LogP contribution in [0.3, 0.4) is 0 Å². The van der Waals surface area contributed by atoms with Gasteiger partial charge in [0.2, 0.25) is 10.0 Å². The number of benzene rings is 1. The van der Waals surface area contributed by atoms with Crippen molar-refractivity contribution in [1.82, 2.24) is 4.31 Å². The Bertz CT molecular complexity index is 630. The first-order valence-electron chi connectivity index (χ1n) is 6.56. The van der Waals surface area contributed by atoms with Crippen LogP contribution in [0.2, 0.25) is 0 Å².